The smallest absolute Gasteiger partial charge is 0.257 e. The van der Waals surface area contributed by atoms with Gasteiger partial charge in [0.1, 0.15) is 5.56 Å². The van der Waals surface area contributed by atoms with Gasteiger partial charge in [0.25, 0.3) is 5.91 Å². The SMILES string of the molecule is O=C(NC1CCCN(C2CCCCCC2)C1)c1cnn2cc(CCO)cnc12. The van der Waals surface area contributed by atoms with Crippen LogP contribution in [-0.4, -0.2) is 62.3 Å². The average molecular weight is 386 g/mol. The van der Waals surface area contributed by atoms with Crippen molar-refractivity contribution in [1.82, 2.24) is 24.8 Å². The molecule has 152 valence electrons. The van der Waals surface area contributed by atoms with E-state index in [1.807, 2.05) is 6.20 Å². The number of nitrogens with zero attached hydrogens (tertiary/aromatic N) is 4. The monoisotopic (exact) mass is 385 g/mol. The Labute approximate surface area is 166 Å². The molecule has 7 heteroatoms. The number of likely N-dealkylation sites (tertiary alicyclic amines) is 1. The fourth-order valence-electron chi connectivity index (χ4n) is 4.67. The molecule has 1 saturated heterocycles. The lowest BCUT2D eigenvalue weighted by Crippen LogP contribution is -2.50. The predicted octanol–water partition coefficient (Wildman–Crippen LogP) is 2.18. The molecule has 7 nitrogen and oxygen atoms in total. The second-order valence-electron chi connectivity index (χ2n) is 8.22. The normalized spacial score (nSPS) is 22.2. The molecule has 4 rings (SSSR count). The quantitative estimate of drug-likeness (QED) is 0.771. The summed E-state index contributed by atoms with van der Waals surface area (Å²) in [6, 6.07) is 0.874. The summed E-state index contributed by atoms with van der Waals surface area (Å²) in [7, 11) is 0. The van der Waals surface area contributed by atoms with Gasteiger partial charge in [-0.15, -0.1) is 0 Å². The van der Waals surface area contributed by atoms with Crippen molar-refractivity contribution in [2.24, 2.45) is 0 Å². The Morgan fingerprint density at radius 2 is 1.96 bits per heavy atom. The van der Waals surface area contributed by atoms with Crippen molar-refractivity contribution in [3.8, 4) is 0 Å². The number of aromatic nitrogens is 3. The number of aliphatic hydroxyl groups is 1. The molecule has 28 heavy (non-hydrogen) atoms. The fourth-order valence-corrected chi connectivity index (χ4v) is 4.67. The van der Waals surface area contributed by atoms with Crippen LogP contribution in [0.3, 0.4) is 0 Å². The van der Waals surface area contributed by atoms with Crippen molar-refractivity contribution in [1.29, 1.82) is 0 Å². The molecule has 2 aromatic rings. The Balaban J connectivity index is 1.41. The number of hydrogen-bond donors (Lipinski definition) is 2. The van der Waals surface area contributed by atoms with Gasteiger partial charge in [-0.1, -0.05) is 25.7 Å². The summed E-state index contributed by atoms with van der Waals surface area (Å²) in [5.74, 6) is -0.0925. The van der Waals surface area contributed by atoms with Gasteiger partial charge in [-0.25, -0.2) is 9.50 Å². The van der Waals surface area contributed by atoms with E-state index in [-0.39, 0.29) is 18.6 Å². The van der Waals surface area contributed by atoms with Crippen molar-refractivity contribution >= 4 is 11.6 Å². The van der Waals surface area contributed by atoms with Gasteiger partial charge in [0.15, 0.2) is 5.65 Å². The number of carbonyl (C=O) groups excluding carboxylic acids is 1. The zero-order valence-corrected chi connectivity index (χ0v) is 16.5. The van der Waals surface area contributed by atoms with E-state index in [9.17, 15) is 4.79 Å². The highest BCUT2D eigenvalue weighted by atomic mass is 16.3. The van der Waals surface area contributed by atoms with Crippen LogP contribution in [-0.2, 0) is 6.42 Å². The Morgan fingerprint density at radius 3 is 2.75 bits per heavy atom. The van der Waals surface area contributed by atoms with Crippen LogP contribution in [0.4, 0.5) is 0 Å². The van der Waals surface area contributed by atoms with Gasteiger partial charge in [-0.3, -0.25) is 9.69 Å². The molecule has 0 spiro atoms. The molecule has 0 bridgehead atoms. The van der Waals surface area contributed by atoms with Crippen LogP contribution in [0.25, 0.3) is 5.65 Å². The van der Waals surface area contributed by atoms with Crippen LogP contribution >= 0.6 is 0 Å². The maximum atomic E-state index is 12.9. The lowest BCUT2D eigenvalue weighted by Gasteiger charge is -2.38. The second-order valence-corrected chi connectivity index (χ2v) is 8.22. The molecular formula is C21H31N5O2. The summed E-state index contributed by atoms with van der Waals surface area (Å²) in [5.41, 5.74) is 1.98. The van der Waals surface area contributed by atoms with Crippen LogP contribution in [0.1, 0.15) is 67.3 Å². The van der Waals surface area contributed by atoms with E-state index in [2.05, 4.69) is 20.3 Å². The van der Waals surface area contributed by atoms with Gasteiger partial charge in [0.2, 0.25) is 0 Å². The first kappa shape index (κ1) is 19.3. The van der Waals surface area contributed by atoms with Gasteiger partial charge in [-0.2, -0.15) is 5.10 Å². The van der Waals surface area contributed by atoms with Crippen LogP contribution in [0.2, 0.25) is 0 Å². The third kappa shape index (κ3) is 4.36. The number of carbonyl (C=O) groups is 1. The number of nitrogens with one attached hydrogen (secondary N) is 1. The lowest BCUT2D eigenvalue weighted by molar-refractivity contribution is 0.0862. The van der Waals surface area contributed by atoms with Gasteiger partial charge in [-0.05, 0) is 44.2 Å². The number of rotatable bonds is 5. The van der Waals surface area contributed by atoms with E-state index < -0.39 is 0 Å². The van der Waals surface area contributed by atoms with E-state index in [1.165, 1.54) is 38.5 Å². The molecule has 0 aromatic carbocycles. The van der Waals surface area contributed by atoms with Crippen LogP contribution < -0.4 is 5.32 Å². The molecule has 0 radical (unpaired) electrons. The number of hydrogen-bond acceptors (Lipinski definition) is 5. The molecule has 1 amide bonds. The maximum absolute atomic E-state index is 12.9. The van der Waals surface area contributed by atoms with Gasteiger partial charge >= 0.3 is 0 Å². The summed E-state index contributed by atoms with van der Waals surface area (Å²) < 4.78 is 1.62. The molecule has 2 aliphatic rings. The average Bonchev–Trinajstić information content (AvgIpc) is 2.93. The molecule has 2 N–H and O–H groups in total. The Bertz CT molecular complexity index is 797. The highest BCUT2D eigenvalue weighted by Gasteiger charge is 2.28. The highest BCUT2D eigenvalue weighted by molar-refractivity contribution is 5.99. The van der Waals surface area contributed by atoms with Gasteiger partial charge in [0.05, 0.1) is 6.20 Å². The first-order valence-corrected chi connectivity index (χ1v) is 10.7. The topological polar surface area (TPSA) is 82.8 Å². The molecular weight excluding hydrogens is 354 g/mol. The predicted molar refractivity (Wildman–Crippen MR) is 107 cm³/mol. The highest BCUT2D eigenvalue weighted by Crippen LogP contribution is 2.25. The molecule has 1 aliphatic heterocycles. The second kappa shape index (κ2) is 9.01. The van der Waals surface area contributed by atoms with Crippen molar-refractivity contribution in [2.45, 2.75) is 69.9 Å². The Kier molecular flexibility index (Phi) is 6.22. The first-order valence-electron chi connectivity index (χ1n) is 10.7. The standard InChI is InChI=1S/C21H31N5O2/c27-11-9-16-12-22-20-19(13-23-26(20)14-16)21(28)24-17-6-5-10-25(15-17)18-7-3-1-2-4-8-18/h12-14,17-18,27H,1-11,15H2,(H,24,28). The third-order valence-electron chi connectivity index (χ3n) is 6.18. The maximum Gasteiger partial charge on any atom is 0.257 e. The Morgan fingerprint density at radius 1 is 1.14 bits per heavy atom. The summed E-state index contributed by atoms with van der Waals surface area (Å²) >= 11 is 0. The van der Waals surface area contributed by atoms with Crippen molar-refractivity contribution in [3.63, 3.8) is 0 Å². The minimum absolute atomic E-state index is 0.0704. The van der Waals surface area contributed by atoms with E-state index >= 15 is 0 Å². The van der Waals surface area contributed by atoms with E-state index in [4.69, 9.17) is 5.11 Å². The summed E-state index contributed by atoms with van der Waals surface area (Å²) in [4.78, 5) is 19.9. The van der Waals surface area contributed by atoms with E-state index in [1.54, 1.807) is 16.9 Å². The molecule has 1 atom stereocenters. The van der Waals surface area contributed by atoms with Crippen molar-refractivity contribution in [2.75, 3.05) is 19.7 Å². The number of fused-ring (bicyclic) bond motifs is 1. The third-order valence-corrected chi connectivity index (χ3v) is 6.18. The Hall–Kier alpha value is -1.99. The molecule has 2 aromatic heterocycles. The number of amides is 1. The van der Waals surface area contributed by atoms with Crippen molar-refractivity contribution in [3.05, 3.63) is 29.7 Å². The zero-order chi connectivity index (χ0) is 19.3. The van der Waals surface area contributed by atoms with Crippen LogP contribution in [0.5, 0.6) is 0 Å². The molecule has 3 heterocycles. The molecule has 1 saturated carbocycles. The lowest BCUT2D eigenvalue weighted by atomic mass is 9.99. The van der Waals surface area contributed by atoms with E-state index in [0.717, 1.165) is 31.5 Å². The molecule has 1 unspecified atom stereocenters. The minimum Gasteiger partial charge on any atom is -0.396 e. The van der Waals surface area contributed by atoms with Crippen LogP contribution in [0, 0.1) is 0 Å². The summed E-state index contributed by atoms with van der Waals surface area (Å²) in [6.45, 7) is 2.17. The number of aliphatic hydroxyl groups excluding tert-OH is 1. The van der Waals surface area contributed by atoms with Crippen molar-refractivity contribution < 1.29 is 9.90 Å². The summed E-state index contributed by atoms with van der Waals surface area (Å²) in [6.07, 6.45) is 15.8. The molecule has 1 aliphatic carbocycles. The van der Waals surface area contributed by atoms with Crippen LogP contribution in [0.15, 0.2) is 18.6 Å². The molecule has 2 fully saturated rings. The van der Waals surface area contributed by atoms with Gasteiger partial charge < -0.3 is 10.4 Å². The van der Waals surface area contributed by atoms with E-state index in [0.29, 0.717) is 23.7 Å². The zero-order valence-electron chi connectivity index (χ0n) is 16.5. The summed E-state index contributed by atoms with van der Waals surface area (Å²) in [5, 5.41) is 16.6. The first-order chi connectivity index (χ1) is 13.7. The minimum atomic E-state index is -0.0925. The fraction of sp³-hybridized carbons (Fsp3) is 0.667. The largest absolute Gasteiger partial charge is 0.396 e. The number of piperidine rings is 1. The van der Waals surface area contributed by atoms with Gasteiger partial charge in [0, 0.05) is 37.6 Å².